The molecule has 26 heavy (non-hydrogen) atoms. The van der Waals surface area contributed by atoms with E-state index in [1.165, 1.54) is 0 Å². The number of carbonyl (C=O) groups is 2. The van der Waals surface area contributed by atoms with Crippen LogP contribution in [0.4, 0.5) is 0 Å². The number of nitrogens with zero attached hydrogens (tertiary/aromatic N) is 2. The van der Waals surface area contributed by atoms with Crippen LogP contribution < -0.4 is 5.32 Å². The second-order valence-electron chi connectivity index (χ2n) is 6.48. The van der Waals surface area contributed by atoms with Crippen molar-refractivity contribution < 1.29 is 9.59 Å². The van der Waals surface area contributed by atoms with Crippen molar-refractivity contribution in [1.82, 2.24) is 15.2 Å². The smallest absolute Gasteiger partial charge is 0.253 e. The fourth-order valence-electron chi connectivity index (χ4n) is 3.14. The number of benzene rings is 1. The lowest BCUT2D eigenvalue weighted by Crippen LogP contribution is -2.43. The van der Waals surface area contributed by atoms with Gasteiger partial charge in [-0.15, -0.1) is 0 Å². The van der Waals surface area contributed by atoms with Crippen molar-refractivity contribution in [1.29, 1.82) is 0 Å². The predicted octanol–water partition coefficient (Wildman–Crippen LogP) is 3.06. The molecule has 1 aliphatic heterocycles. The number of nitrogens with one attached hydrogen (secondary N) is 1. The van der Waals surface area contributed by atoms with E-state index in [0.29, 0.717) is 38.0 Å². The third-order valence-corrected chi connectivity index (χ3v) is 5.21. The van der Waals surface area contributed by atoms with Gasteiger partial charge in [-0.1, -0.05) is 22.0 Å². The number of pyridine rings is 1. The van der Waals surface area contributed by atoms with Crippen molar-refractivity contribution in [3.8, 4) is 0 Å². The molecule has 0 bridgehead atoms. The van der Waals surface area contributed by atoms with Crippen LogP contribution in [0.5, 0.6) is 0 Å². The highest BCUT2D eigenvalue weighted by Gasteiger charge is 2.27. The van der Waals surface area contributed by atoms with Gasteiger partial charge in [0.2, 0.25) is 5.91 Å². The molecule has 0 radical (unpaired) electrons. The molecule has 0 spiro atoms. The summed E-state index contributed by atoms with van der Waals surface area (Å²) in [6.07, 6.45) is 5.76. The first-order chi connectivity index (χ1) is 12.6. The van der Waals surface area contributed by atoms with Crippen molar-refractivity contribution >= 4 is 27.7 Å². The fourth-order valence-corrected chi connectivity index (χ4v) is 3.40. The first kappa shape index (κ1) is 18.6. The highest BCUT2D eigenvalue weighted by molar-refractivity contribution is 9.10. The highest BCUT2D eigenvalue weighted by Crippen LogP contribution is 2.20. The maximum absolute atomic E-state index is 12.5. The summed E-state index contributed by atoms with van der Waals surface area (Å²) in [7, 11) is 0. The van der Waals surface area contributed by atoms with E-state index in [1.807, 2.05) is 47.5 Å². The molecule has 5 nitrogen and oxygen atoms in total. The van der Waals surface area contributed by atoms with E-state index in [0.717, 1.165) is 16.5 Å². The summed E-state index contributed by atoms with van der Waals surface area (Å²) in [5, 5.41) is 3.01. The number of piperidine rings is 1. The summed E-state index contributed by atoms with van der Waals surface area (Å²) < 4.78 is 0.954. The molecular formula is C20H22BrN3O2. The zero-order valence-electron chi connectivity index (χ0n) is 14.5. The summed E-state index contributed by atoms with van der Waals surface area (Å²) in [6, 6.07) is 11.3. The van der Waals surface area contributed by atoms with E-state index in [-0.39, 0.29) is 17.7 Å². The third kappa shape index (κ3) is 4.91. The van der Waals surface area contributed by atoms with Crippen LogP contribution in [0, 0.1) is 5.92 Å². The Hall–Kier alpha value is -2.21. The molecule has 1 aromatic carbocycles. The molecule has 1 fully saturated rings. The Morgan fingerprint density at radius 2 is 1.88 bits per heavy atom. The molecule has 2 amide bonds. The Bertz CT molecular complexity index is 741. The van der Waals surface area contributed by atoms with Gasteiger partial charge in [0.05, 0.1) is 0 Å². The number of hydrogen-bond donors (Lipinski definition) is 1. The minimum Gasteiger partial charge on any atom is -0.356 e. The highest BCUT2D eigenvalue weighted by atomic mass is 79.9. The van der Waals surface area contributed by atoms with Crippen LogP contribution in [0.2, 0.25) is 0 Å². The number of halogens is 1. The van der Waals surface area contributed by atoms with Gasteiger partial charge in [-0.3, -0.25) is 14.6 Å². The Morgan fingerprint density at radius 3 is 2.54 bits per heavy atom. The molecule has 1 saturated heterocycles. The molecular weight excluding hydrogens is 394 g/mol. The zero-order valence-corrected chi connectivity index (χ0v) is 16.1. The first-order valence-corrected chi connectivity index (χ1v) is 9.64. The summed E-state index contributed by atoms with van der Waals surface area (Å²) in [4.78, 5) is 30.8. The lowest BCUT2D eigenvalue weighted by Gasteiger charge is -2.31. The van der Waals surface area contributed by atoms with Gasteiger partial charge in [0.15, 0.2) is 0 Å². The summed E-state index contributed by atoms with van der Waals surface area (Å²) in [5.41, 5.74) is 1.80. The topological polar surface area (TPSA) is 62.3 Å². The summed E-state index contributed by atoms with van der Waals surface area (Å²) >= 11 is 3.38. The number of hydrogen-bond acceptors (Lipinski definition) is 3. The molecule has 0 aliphatic carbocycles. The van der Waals surface area contributed by atoms with E-state index in [9.17, 15) is 9.59 Å². The molecule has 136 valence electrons. The van der Waals surface area contributed by atoms with Gasteiger partial charge in [-0.25, -0.2) is 0 Å². The van der Waals surface area contributed by atoms with Crippen LogP contribution in [0.3, 0.4) is 0 Å². The fraction of sp³-hybridized carbons (Fsp3) is 0.350. The molecule has 0 atom stereocenters. The van der Waals surface area contributed by atoms with Crippen LogP contribution in [0.15, 0.2) is 53.3 Å². The number of amides is 2. The number of carbonyl (C=O) groups excluding carboxylic acids is 2. The molecule has 0 saturated carbocycles. The maximum Gasteiger partial charge on any atom is 0.253 e. The Kier molecular flexibility index (Phi) is 6.39. The van der Waals surface area contributed by atoms with Crippen molar-refractivity contribution in [2.24, 2.45) is 5.92 Å². The molecule has 2 aromatic rings. The largest absolute Gasteiger partial charge is 0.356 e. The second kappa shape index (κ2) is 8.94. The Morgan fingerprint density at radius 1 is 1.15 bits per heavy atom. The van der Waals surface area contributed by atoms with E-state index in [4.69, 9.17) is 0 Å². The van der Waals surface area contributed by atoms with Crippen molar-refractivity contribution in [2.75, 3.05) is 19.6 Å². The van der Waals surface area contributed by atoms with Crippen LogP contribution in [-0.4, -0.2) is 41.3 Å². The van der Waals surface area contributed by atoms with Gasteiger partial charge in [-0.05, 0) is 55.2 Å². The zero-order chi connectivity index (χ0) is 18.4. The maximum atomic E-state index is 12.5. The van der Waals surface area contributed by atoms with E-state index < -0.39 is 0 Å². The van der Waals surface area contributed by atoms with Crippen LogP contribution in [0.1, 0.15) is 28.8 Å². The Balaban J connectivity index is 1.43. The molecule has 6 heteroatoms. The minimum atomic E-state index is -0.0159. The van der Waals surface area contributed by atoms with E-state index in [2.05, 4.69) is 26.2 Å². The monoisotopic (exact) mass is 415 g/mol. The van der Waals surface area contributed by atoms with Crippen molar-refractivity contribution in [3.05, 3.63) is 64.4 Å². The SMILES string of the molecule is O=C(NCCc1cccnc1)C1CCN(C(=O)c2ccc(Br)cc2)CC1. The molecule has 3 rings (SSSR count). The summed E-state index contributed by atoms with van der Waals surface area (Å²) in [6.45, 7) is 1.85. The van der Waals surface area contributed by atoms with E-state index >= 15 is 0 Å². The minimum absolute atomic E-state index is 0.0159. The van der Waals surface area contributed by atoms with Crippen molar-refractivity contribution in [2.45, 2.75) is 19.3 Å². The average molecular weight is 416 g/mol. The lowest BCUT2D eigenvalue weighted by atomic mass is 9.95. The quantitative estimate of drug-likeness (QED) is 0.815. The average Bonchev–Trinajstić information content (AvgIpc) is 2.69. The number of aromatic nitrogens is 1. The number of rotatable bonds is 5. The predicted molar refractivity (Wildman–Crippen MR) is 104 cm³/mol. The van der Waals surface area contributed by atoms with Gasteiger partial charge in [0, 0.05) is 48.0 Å². The molecule has 1 N–H and O–H groups in total. The third-order valence-electron chi connectivity index (χ3n) is 4.68. The molecule has 1 aliphatic rings. The second-order valence-corrected chi connectivity index (χ2v) is 7.39. The van der Waals surface area contributed by atoms with Gasteiger partial charge >= 0.3 is 0 Å². The number of likely N-dealkylation sites (tertiary alicyclic amines) is 1. The van der Waals surface area contributed by atoms with Crippen LogP contribution in [0.25, 0.3) is 0 Å². The van der Waals surface area contributed by atoms with Crippen LogP contribution >= 0.6 is 15.9 Å². The van der Waals surface area contributed by atoms with Gasteiger partial charge in [-0.2, -0.15) is 0 Å². The molecule has 1 aromatic heterocycles. The molecule has 0 unspecified atom stereocenters. The first-order valence-electron chi connectivity index (χ1n) is 8.85. The van der Waals surface area contributed by atoms with Gasteiger partial charge in [0.25, 0.3) is 5.91 Å². The van der Waals surface area contributed by atoms with Gasteiger partial charge < -0.3 is 10.2 Å². The lowest BCUT2D eigenvalue weighted by molar-refractivity contribution is -0.126. The normalized spacial score (nSPS) is 14.9. The molecule has 2 heterocycles. The summed E-state index contributed by atoms with van der Waals surface area (Å²) in [5.74, 6) is 0.107. The van der Waals surface area contributed by atoms with Crippen molar-refractivity contribution in [3.63, 3.8) is 0 Å². The van der Waals surface area contributed by atoms with Crippen LogP contribution in [-0.2, 0) is 11.2 Å². The Labute approximate surface area is 161 Å². The van der Waals surface area contributed by atoms with E-state index in [1.54, 1.807) is 6.20 Å². The van der Waals surface area contributed by atoms with Gasteiger partial charge in [0.1, 0.15) is 0 Å². The standard InChI is InChI=1S/C20H22BrN3O2/c21-18-5-3-17(4-6-18)20(26)24-12-8-16(9-13-24)19(25)23-11-7-15-2-1-10-22-14-15/h1-6,10,14,16H,7-9,11-13H2,(H,23,25).